The first-order chi connectivity index (χ1) is 5.54. The van der Waals surface area contributed by atoms with Gasteiger partial charge in [0.25, 0.3) is 0 Å². The summed E-state index contributed by atoms with van der Waals surface area (Å²) in [7, 11) is 4.04. The van der Waals surface area contributed by atoms with Crippen LogP contribution in [0, 0.1) is 11.3 Å². The van der Waals surface area contributed by atoms with Crippen molar-refractivity contribution in [1.82, 2.24) is 4.90 Å². The predicted octanol–water partition coefficient (Wildman–Crippen LogP) is 1.31. The van der Waals surface area contributed by atoms with E-state index in [4.69, 9.17) is 0 Å². The van der Waals surface area contributed by atoms with Gasteiger partial charge in [-0.15, -0.1) is 0 Å². The van der Waals surface area contributed by atoms with Crippen LogP contribution in [0.2, 0.25) is 0 Å². The Kier molecular flexibility index (Phi) is 1.59. The lowest BCUT2D eigenvalue weighted by Gasteiger charge is -2.29. The highest BCUT2D eigenvalue weighted by atomic mass is 16.1. The van der Waals surface area contributed by atoms with Crippen LogP contribution in [-0.4, -0.2) is 30.8 Å². The Morgan fingerprint density at radius 3 is 2.50 bits per heavy atom. The van der Waals surface area contributed by atoms with Crippen LogP contribution in [0.25, 0.3) is 0 Å². The molecule has 2 saturated carbocycles. The number of carbonyl (C=O) groups excluding carboxylic acids is 1. The summed E-state index contributed by atoms with van der Waals surface area (Å²) >= 11 is 0. The summed E-state index contributed by atoms with van der Waals surface area (Å²) < 4.78 is 0. The molecule has 0 amide bonds. The summed E-state index contributed by atoms with van der Waals surface area (Å²) in [5.41, 5.74) is 0.0413. The van der Waals surface area contributed by atoms with E-state index in [9.17, 15) is 4.79 Å². The maximum atomic E-state index is 11.9. The molecule has 3 unspecified atom stereocenters. The number of ketones is 1. The Hall–Kier alpha value is -0.370. The van der Waals surface area contributed by atoms with Crippen LogP contribution in [0.1, 0.15) is 26.2 Å². The summed E-state index contributed by atoms with van der Waals surface area (Å²) in [4.78, 5) is 14.0. The Bertz CT molecular complexity index is 224. The average molecular weight is 167 g/mol. The normalized spacial score (nSPS) is 46.2. The van der Waals surface area contributed by atoms with Gasteiger partial charge in [0.05, 0.1) is 6.04 Å². The lowest BCUT2D eigenvalue weighted by molar-refractivity contribution is -0.130. The van der Waals surface area contributed by atoms with Gasteiger partial charge >= 0.3 is 0 Å². The second-order valence-corrected chi connectivity index (χ2v) is 4.84. The van der Waals surface area contributed by atoms with Crippen molar-refractivity contribution >= 4 is 5.78 Å². The third kappa shape index (κ3) is 0.875. The Balaban J connectivity index is 2.26. The Morgan fingerprint density at radius 2 is 2.17 bits per heavy atom. The zero-order chi connectivity index (χ0) is 8.93. The number of Topliss-reactive ketones (excluding diaryl/α,β-unsaturated/α-hetero) is 1. The molecule has 0 aromatic carbocycles. The van der Waals surface area contributed by atoms with Crippen molar-refractivity contribution in [3.63, 3.8) is 0 Å². The molecule has 0 radical (unpaired) electrons. The average Bonchev–Trinajstić information content (AvgIpc) is 2.41. The van der Waals surface area contributed by atoms with E-state index in [1.807, 2.05) is 14.1 Å². The molecule has 2 bridgehead atoms. The number of likely N-dealkylation sites (N-methyl/N-ethyl adjacent to an activating group) is 1. The van der Waals surface area contributed by atoms with E-state index in [0.717, 1.165) is 12.8 Å². The van der Waals surface area contributed by atoms with Gasteiger partial charge in [0.2, 0.25) is 0 Å². The molecule has 0 spiro atoms. The highest BCUT2D eigenvalue weighted by molar-refractivity contribution is 5.92. The summed E-state index contributed by atoms with van der Waals surface area (Å²) in [5.74, 6) is 1.14. The molecule has 0 saturated heterocycles. The van der Waals surface area contributed by atoms with Crippen LogP contribution in [0.4, 0.5) is 0 Å². The second kappa shape index (κ2) is 2.32. The standard InChI is InChI=1S/C10H17NO/c1-10-5-4-7(6-10)8(9(10)12)11(2)3/h7-8H,4-6H2,1-3H3. The summed E-state index contributed by atoms with van der Waals surface area (Å²) in [6.07, 6.45) is 3.51. The van der Waals surface area contributed by atoms with Crippen molar-refractivity contribution in [2.75, 3.05) is 14.1 Å². The summed E-state index contributed by atoms with van der Waals surface area (Å²) in [6.45, 7) is 2.14. The van der Waals surface area contributed by atoms with Crippen molar-refractivity contribution in [1.29, 1.82) is 0 Å². The molecule has 0 aromatic heterocycles. The molecule has 0 N–H and O–H groups in total. The molecule has 68 valence electrons. The highest BCUT2D eigenvalue weighted by Gasteiger charge is 2.55. The van der Waals surface area contributed by atoms with Gasteiger partial charge in [0, 0.05) is 5.41 Å². The van der Waals surface area contributed by atoms with Gasteiger partial charge in [-0.05, 0) is 39.3 Å². The van der Waals surface area contributed by atoms with Gasteiger partial charge in [0.15, 0.2) is 5.78 Å². The highest BCUT2D eigenvalue weighted by Crippen LogP contribution is 2.52. The van der Waals surface area contributed by atoms with Crippen molar-refractivity contribution in [2.45, 2.75) is 32.2 Å². The van der Waals surface area contributed by atoms with Crippen molar-refractivity contribution < 1.29 is 4.79 Å². The summed E-state index contributed by atoms with van der Waals surface area (Å²) in [5, 5.41) is 0. The zero-order valence-electron chi connectivity index (χ0n) is 8.13. The van der Waals surface area contributed by atoms with Crippen LogP contribution in [-0.2, 0) is 4.79 Å². The van der Waals surface area contributed by atoms with Crippen LogP contribution >= 0.6 is 0 Å². The molecule has 2 heteroatoms. The molecule has 2 nitrogen and oxygen atoms in total. The molecule has 3 atom stereocenters. The second-order valence-electron chi connectivity index (χ2n) is 4.84. The predicted molar refractivity (Wildman–Crippen MR) is 47.9 cm³/mol. The third-order valence-corrected chi connectivity index (χ3v) is 3.65. The van der Waals surface area contributed by atoms with E-state index in [2.05, 4.69) is 11.8 Å². The minimum atomic E-state index is 0.0413. The van der Waals surface area contributed by atoms with Gasteiger partial charge in [-0.2, -0.15) is 0 Å². The van der Waals surface area contributed by atoms with Crippen molar-refractivity contribution in [3.8, 4) is 0 Å². The maximum Gasteiger partial charge on any atom is 0.156 e. The van der Waals surface area contributed by atoms with E-state index in [0.29, 0.717) is 11.7 Å². The molecule has 0 heterocycles. The van der Waals surface area contributed by atoms with Gasteiger partial charge in [-0.3, -0.25) is 9.69 Å². The number of rotatable bonds is 1. The van der Waals surface area contributed by atoms with Gasteiger partial charge in [-0.25, -0.2) is 0 Å². The first kappa shape index (κ1) is 8.24. The number of hydrogen-bond donors (Lipinski definition) is 0. The minimum Gasteiger partial charge on any atom is -0.300 e. The fourth-order valence-electron chi connectivity index (χ4n) is 3.01. The van der Waals surface area contributed by atoms with Crippen molar-refractivity contribution in [3.05, 3.63) is 0 Å². The fourth-order valence-corrected chi connectivity index (χ4v) is 3.01. The molecule has 12 heavy (non-hydrogen) atoms. The number of nitrogens with zero attached hydrogens (tertiary/aromatic N) is 1. The minimum absolute atomic E-state index is 0.0413. The largest absolute Gasteiger partial charge is 0.300 e. The van der Waals surface area contributed by atoms with Crippen molar-refractivity contribution in [2.24, 2.45) is 11.3 Å². The molecular weight excluding hydrogens is 150 g/mol. The van der Waals surface area contributed by atoms with Crippen LogP contribution in [0.15, 0.2) is 0 Å². The van der Waals surface area contributed by atoms with Gasteiger partial charge in [-0.1, -0.05) is 6.92 Å². The van der Waals surface area contributed by atoms with Crippen LogP contribution < -0.4 is 0 Å². The molecule has 2 fully saturated rings. The molecule has 0 aliphatic heterocycles. The molecular formula is C10H17NO. The molecule has 2 aliphatic carbocycles. The van der Waals surface area contributed by atoms with E-state index < -0.39 is 0 Å². The Labute approximate surface area is 73.9 Å². The van der Waals surface area contributed by atoms with Crippen LogP contribution in [0.5, 0.6) is 0 Å². The zero-order valence-corrected chi connectivity index (χ0v) is 8.13. The Morgan fingerprint density at radius 1 is 1.50 bits per heavy atom. The lowest BCUT2D eigenvalue weighted by atomic mass is 9.83. The number of carbonyl (C=O) groups is 1. The quantitative estimate of drug-likeness (QED) is 0.587. The number of fused-ring (bicyclic) bond motifs is 2. The lowest BCUT2D eigenvalue weighted by Crippen LogP contribution is -2.42. The smallest absolute Gasteiger partial charge is 0.156 e. The topological polar surface area (TPSA) is 20.3 Å². The first-order valence-electron chi connectivity index (χ1n) is 4.75. The maximum absolute atomic E-state index is 11.9. The van der Waals surface area contributed by atoms with E-state index >= 15 is 0 Å². The SMILES string of the molecule is CN(C)C1C(=O)C2(C)CCC1C2. The fraction of sp³-hybridized carbons (Fsp3) is 0.900. The van der Waals surface area contributed by atoms with E-state index in [1.165, 1.54) is 6.42 Å². The van der Waals surface area contributed by atoms with E-state index in [1.54, 1.807) is 0 Å². The third-order valence-electron chi connectivity index (χ3n) is 3.65. The van der Waals surface area contributed by atoms with Crippen LogP contribution in [0.3, 0.4) is 0 Å². The monoisotopic (exact) mass is 167 g/mol. The summed E-state index contributed by atoms with van der Waals surface area (Å²) in [6, 6.07) is 0.226. The first-order valence-corrected chi connectivity index (χ1v) is 4.75. The molecule has 2 rings (SSSR count). The van der Waals surface area contributed by atoms with Gasteiger partial charge in [0.1, 0.15) is 0 Å². The molecule has 0 aromatic rings. The van der Waals surface area contributed by atoms with Gasteiger partial charge < -0.3 is 0 Å². The van der Waals surface area contributed by atoms with E-state index in [-0.39, 0.29) is 11.5 Å². The molecule has 2 aliphatic rings. The number of hydrogen-bond acceptors (Lipinski definition) is 2.